The van der Waals surface area contributed by atoms with Crippen molar-refractivity contribution in [1.82, 2.24) is 9.38 Å². The minimum Gasteiger partial charge on any atom is -0.467 e. The van der Waals surface area contributed by atoms with Crippen molar-refractivity contribution in [2.24, 2.45) is 0 Å². The summed E-state index contributed by atoms with van der Waals surface area (Å²) in [6.45, 7) is 1.59. The average molecular weight is 261 g/mol. The van der Waals surface area contributed by atoms with Crippen molar-refractivity contribution < 1.29 is 14.3 Å². The Morgan fingerprint density at radius 2 is 2.42 bits per heavy atom. The van der Waals surface area contributed by atoms with Crippen LogP contribution in [0.4, 0.5) is 5.82 Å². The summed E-state index contributed by atoms with van der Waals surface area (Å²) < 4.78 is 12.2. The van der Waals surface area contributed by atoms with Gasteiger partial charge in [0, 0.05) is 18.9 Å². The van der Waals surface area contributed by atoms with Gasteiger partial charge in [0.1, 0.15) is 11.5 Å². The fourth-order valence-electron chi connectivity index (χ4n) is 2.38. The molecule has 0 spiro atoms. The Morgan fingerprint density at radius 1 is 1.53 bits per heavy atom. The predicted octanol–water partition coefficient (Wildman–Crippen LogP) is 0.712. The van der Waals surface area contributed by atoms with E-state index in [-0.39, 0.29) is 5.97 Å². The van der Waals surface area contributed by atoms with Gasteiger partial charge in [-0.15, -0.1) is 0 Å². The molecule has 1 unspecified atom stereocenters. The van der Waals surface area contributed by atoms with Crippen LogP contribution < -0.4 is 4.90 Å². The molecule has 0 N–H and O–H groups in total. The Bertz CT molecular complexity index is 596. The van der Waals surface area contributed by atoms with E-state index in [1.165, 1.54) is 7.11 Å². The number of hydrogen-bond acceptors (Lipinski definition) is 5. The molecule has 1 aliphatic rings. The third kappa shape index (κ3) is 2.04. The highest BCUT2D eigenvalue weighted by Gasteiger charge is 2.31. The average Bonchev–Trinajstić information content (AvgIpc) is 2.94. The lowest BCUT2D eigenvalue weighted by Gasteiger charge is -2.35. The van der Waals surface area contributed by atoms with Crippen LogP contribution >= 0.6 is 0 Å². The molecule has 0 amide bonds. The highest BCUT2D eigenvalue weighted by Crippen LogP contribution is 2.21. The minimum absolute atomic E-state index is 0.281. The number of methoxy groups -OCH3 is 1. The molecule has 3 rings (SSSR count). The van der Waals surface area contributed by atoms with E-state index in [0.29, 0.717) is 19.8 Å². The molecule has 2 aromatic heterocycles. The normalized spacial score (nSPS) is 19.6. The molecule has 0 radical (unpaired) electrons. The van der Waals surface area contributed by atoms with Gasteiger partial charge in [0.05, 0.1) is 20.3 Å². The van der Waals surface area contributed by atoms with Crippen LogP contribution in [0.1, 0.15) is 0 Å². The van der Waals surface area contributed by atoms with Crippen LogP contribution in [0.25, 0.3) is 5.65 Å². The number of fused-ring (bicyclic) bond motifs is 1. The summed E-state index contributed by atoms with van der Waals surface area (Å²) in [5, 5.41) is 0. The van der Waals surface area contributed by atoms with Gasteiger partial charge in [-0.3, -0.25) is 4.40 Å². The van der Waals surface area contributed by atoms with Crippen molar-refractivity contribution in [2.45, 2.75) is 6.04 Å². The molecule has 6 heteroatoms. The summed E-state index contributed by atoms with van der Waals surface area (Å²) in [4.78, 5) is 18.1. The Labute approximate surface area is 110 Å². The quantitative estimate of drug-likeness (QED) is 0.745. The topological polar surface area (TPSA) is 56.1 Å². The number of aromatic nitrogens is 2. The fraction of sp³-hybridized carbons (Fsp3) is 0.385. The van der Waals surface area contributed by atoms with E-state index in [1.807, 2.05) is 33.7 Å². The number of carbonyl (C=O) groups is 1. The smallest absolute Gasteiger partial charge is 0.330 e. The third-order valence-electron chi connectivity index (χ3n) is 3.30. The zero-order chi connectivity index (χ0) is 13.2. The molecule has 2 aromatic rings. The number of nitrogens with zero attached hydrogens (tertiary/aromatic N) is 3. The van der Waals surface area contributed by atoms with E-state index in [9.17, 15) is 4.79 Å². The van der Waals surface area contributed by atoms with Gasteiger partial charge in [-0.1, -0.05) is 6.07 Å². The maximum atomic E-state index is 11.9. The molecular formula is C13H15N3O3. The van der Waals surface area contributed by atoms with Crippen molar-refractivity contribution in [1.29, 1.82) is 0 Å². The van der Waals surface area contributed by atoms with Crippen molar-refractivity contribution in [3.05, 3.63) is 30.6 Å². The van der Waals surface area contributed by atoms with Gasteiger partial charge < -0.3 is 14.4 Å². The van der Waals surface area contributed by atoms with E-state index in [2.05, 4.69) is 4.98 Å². The van der Waals surface area contributed by atoms with Crippen LogP contribution in [0.2, 0.25) is 0 Å². The fourth-order valence-corrected chi connectivity index (χ4v) is 2.38. The lowest BCUT2D eigenvalue weighted by Crippen LogP contribution is -2.51. The van der Waals surface area contributed by atoms with E-state index in [4.69, 9.17) is 9.47 Å². The number of ether oxygens (including phenoxy) is 2. The van der Waals surface area contributed by atoms with Crippen LogP contribution in [0.15, 0.2) is 30.6 Å². The second kappa shape index (κ2) is 4.89. The van der Waals surface area contributed by atoms with Crippen molar-refractivity contribution in [3.8, 4) is 0 Å². The first-order valence-electron chi connectivity index (χ1n) is 6.15. The maximum Gasteiger partial charge on any atom is 0.330 e. The Hall–Kier alpha value is -2.08. The zero-order valence-electron chi connectivity index (χ0n) is 10.7. The number of rotatable bonds is 2. The molecule has 0 bridgehead atoms. The van der Waals surface area contributed by atoms with Gasteiger partial charge in [-0.05, 0) is 12.1 Å². The molecule has 0 aromatic carbocycles. The Balaban J connectivity index is 2.02. The predicted molar refractivity (Wildman–Crippen MR) is 69.2 cm³/mol. The molecule has 1 atom stereocenters. The SMILES string of the molecule is COC(=O)C1COCCN1c1cccc2nccn12. The summed E-state index contributed by atoms with van der Waals surface area (Å²) in [7, 11) is 1.40. The zero-order valence-corrected chi connectivity index (χ0v) is 10.7. The van der Waals surface area contributed by atoms with E-state index >= 15 is 0 Å². The van der Waals surface area contributed by atoms with Gasteiger partial charge in [-0.25, -0.2) is 9.78 Å². The number of pyridine rings is 1. The van der Waals surface area contributed by atoms with Gasteiger partial charge in [0.25, 0.3) is 0 Å². The number of imidazole rings is 1. The van der Waals surface area contributed by atoms with E-state index < -0.39 is 6.04 Å². The number of anilines is 1. The molecule has 1 saturated heterocycles. The molecule has 0 saturated carbocycles. The van der Waals surface area contributed by atoms with E-state index in [0.717, 1.165) is 11.5 Å². The monoisotopic (exact) mass is 261 g/mol. The molecule has 19 heavy (non-hydrogen) atoms. The first-order chi connectivity index (χ1) is 9.31. The summed E-state index contributed by atoms with van der Waals surface area (Å²) >= 11 is 0. The second-order valence-electron chi connectivity index (χ2n) is 4.35. The first-order valence-corrected chi connectivity index (χ1v) is 6.15. The summed E-state index contributed by atoms with van der Waals surface area (Å²) in [5.41, 5.74) is 0.854. The second-order valence-corrected chi connectivity index (χ2v) is 4.35. The molecule has 3 heterocycles. The van der Waals surface area contributed by atoms with Crippen LogP contribution in [0.3, 0.4) is 0 Å². The summed E-state index contributed by atoms with van der Waals surface area (Å²) in [6, 6.07) is 5.42. The van der Waals surface area contributed by atoms with Gasteiger partial charge in [-0.2, -0.15) is 0 Å². The van der Waals surface area contributed by atoms with Crippen molar-refractivity contribution >= 4 is 17.4 Å². The van der Waals surface area contributed by atoms with Gasteiger partial charge in [0.2, 0.25) is 0 Å². The lowest BCUT2D eigenvalue weighted by atomic mass is 10.2. The van der Waals surface area contributed by atoms with Crippen LogP contribution in [-0.2, 0) is 14.3 Å². The summed E-state index contributed by atoms with van der Waals surface area (Å²) in [5.74, 6) is 0.644. The van der Waals surface area contributed by atoms with Crippen LogP contribution in [0, 0.1) is 0 Å². The third-order valence-corrected chi connectivity index (χ3v) is 3.30. The lowest BCUT2D eigenvalue weighted by molar-refractivity contribution is -0.144. The summed E-state index contributed by atoms with van der Waals surface area (Å²) in [6.07, 6.45) is 3.63. The van der Waals surface area contributed by atoms with Gasteiger partial charge >= 0.3 is 5.97 Å². The highest BCUT2D eigenvalue weighted by atomic mass is 16.5. The largest absolute Gasteiger partial charge is 0.467 e. The molecule has 1 fully saturated rings. The molecular weight excluding hydrogens is 246 g/mol. The van der Waals surface area contributed by atoms with E-state index in [1.54, 1.807) is 6.20 Å². The number of carbonyl (C=O) groups excluding carboxylic acids is 1. The minimum atomic E-state index is -0.410. The number of morpholine rings is 1. The number of hydrogen-bond donors (Lipinski definition) is 0. The first kappa shape index (κ1) is 12.0. The van der Waals surface area contributed by atoms with Gasteiger partial charge in [0.15, 0.2) is 6.04 Å². The van der Waals surface area contributed by atoms with Crippen molar-refractivity contribution in [2.75, 3.05) is 31.8 Å². The highest BCUT2D eigenvalue weighted by molar-refractivity contribution is 5.80. The molecule has 1 aliphatic heterocycles. The Kier molecular flexibility index (Phi) is 3.08. The number of esters is 1. The standard InChI is InChI=1S/C13H15N3O3/c1-18-13(17)10-9-19-8-7-15(10)12-4-2-3-11-14-5-6-16(11)12/h2-6,10H,7-9H2,1H3. The molecule has 100 valence electrons. The maximum absolute atomic E-state index is 11.9. The Morgan fingerprint density at radius 3 is 3.26 bits per heavy atom. The molecule has 0 aliphatic carbocycles. The molecule has 6 nitrogen and oxygen atoms in total. The van der Waals surface area contributed by atoms with Crippen LogP contribution in [0.5, 0.6) is 0 Å². The van der Waals surface area contributed by atoms with Crippen LogP contribution in [-0.4, -0.2) is 48.3 Å². The van der Waals surface area contributed by atoms with Crippen molar-refractivity contribution in [3.63, 3.8) is 0 Å².